The molecule has 2 nitrogen and oxygen atoms in total. The largest absolute Gasteiger partial charge is 0.393 e. The van der Waals surface area contributed by atoms with E-state index < -0.39 is 0 Å². The first-order valence-electron chi connectivity index (χ1n) is 7.10. The second-order valence-electron chi connectivity index (χ2n) is 5.41. The topological polar surface area (TPSA) is 29.5 Å². The summed E-state index contributed by atoms with van der Waals surface area (Å²) in [4.78, 5) is 0. The normalized spacial score (nSPS) is 22.9. The highest BCUT2D eigenvalue weighted by molar-refractivity contribution is 5.18. The fraction of sp³-hybridized carbons (Fsp3) is 0.625. The zero-order valence-electron chi connectivity index (χ0n) is 11.2. The van der Waals surface area contributed by atoms with Crippen molar-refractivity contribution in [2.24, 2.45) is 0 Å². The quantitative estimate of drug-likeness (QED) is 0.835. The Morgan fingerprint density at radius 2 is 2.11 bits per heavy atom. The van der Waals surface area contributed by atoms with Crippen molar-refractivity contribution in [1.29, 1.82) is 0 Å². The van der Waals surface area contributed by atoms with Gasteiger partial charge in [0.2, 0.25) is 0 Å². The molecule has 3 unspecified atom stereocenters. The minimum atomic E-state index is -0.204. The molecule has 0 amide bonds. The van der Waals surface area contributed by atoms with Crippen LogP contribution in [0.5, 0.6) is 0 Å². The van der Waals surface area contributed by atoms with E-state index in [2.05, 4.69) is 31.2 Å². The summed E-state index contributed by atoms with van der Waals surface area (Å²) in [6.45, 7) is 3.09. The highest BCUT2D eigenvalue weighted by atomic mass is 16.5. The molecule has 2 heteroatoms. The molecule has 1 aromatic carbocycles. The molecule has 0 spiro atoms. The van der Waals surface area contributed by atoms with Crippen molar-refractivity contribution in [2.45, 2.75) is 57.2 Å². The zero-order chi connectivity index (χ0) is 12.8. The van der Waals surface area contributed by atoms with Crippen molar-refractivity contribution in [3.63, 3.8) is 0 Å². The summed E-state index contributed by atoms with van der Waals surface area (Å²) in [7, 11) is 0. The third kappa shape index (κ3) is 4.11. The Morgan fingerprint density at radius 3 is 2.78 bits per heavy atom. The molecular weight excluding hydrogens is 224 g/mol. The van der Waals surface area contributed by atoms with Crippen LogP contribution in [0, 0.1) is 0 Å². The molecule has 1 aliphatic heterocycles. The summed E-state index contributed by atoms with van der Waals surface area (Å²) >= 11 is 0. The monoisotopic (exact) mass is 248 g/mol. The average molecular weight is 248 g/mol. The van der Waals surface area contributed by atoms with Crippen LogP contribution in [-0.2, 0) is 4.74 Å². The van der Waals surface area contributed by atoms with Gasteiger partial charge in [0.25, 0.3) is 0 Å². The van der Waals surface area contributed by atoms with Gasteiger partial charge in [-0.05, 0) is 43.6 Å². The van der Waals surface area contributed by atoms with Gasteiger partial charge in [-0.25, -0.2) is 0 Å². The number of hydrogen-bond donors (Lipinski definition) is 1. The maximum Gasteiger partial charge on any atom is 0.0577 e. The van der Waals surface area contributed by atoms with E-state index in [1.165, 1.54) is 18.4 Å². The molecule has 0 bridgehead atoms. The fourth-order valence-corrected chi connectivity index (χ4v) is 2.69. The Kier molecular flexibility index (Phi) is 5.21. The first-order valence-corrected chi connectivity index (χ1v) is 7.10. The van der Waals surface area contributed by atoms with Crippen LogP contribution in [0.15, 0.2) is 30.3 Å². The molecule has 100 valence electrons. The van der Waals surface area contributed by atoms with Crippen LogP contribution < -0.4 is 0 Å². The van der Waals surface area contributed by atoms with Crippen LogP contribution in [-0.4, -0.2) is 23.9 Å². The van der Waals surface area contributed by atoms with Gasteiger partial charge < -0.3 is 9.84 Å². The molecule has 0 aromatic heterocycles. The standard InChI is InChI=1S/C16H24O2/c1-13(14-6-3-2-4-7-14)12-15(17)9-10-16-8-5-11-18-16/h2-4,6-7,13,15-17H,5,8-12H2,1H3. The van der Waals surface area contributed by atoms with E-state index in [1.807, 2.05) is 6.07 Å². The molecule has 3 atom stereocenters. The lowest BCUT2D eigenvalue weighted by Crippen LogP contribution is -2.14. The summed E-state index contributed by atoms with van der Waals surface area (Å²) < 4.78 is 5.58. The number of rotatable bonds is 6. The second-order valence-corrected chi connectivity index (χ2v) is 5.41. The van der Waals surface area contributed by atoms with Gasteiger partial charge in [-0.1, -0.05) is 37.3 Å². The molecule has 1 heterocycles. The molecule has 1 N–H and O–H groups in total. The van der Waals surface area contributed by atoms with Crippen molar-refractivity contribution in [3.8, 4) is 0 Å². The zero-order valence-corrected chi connectivity index (χ0v) is 11.2. The van der Waals surface area contributed by atoms with Crippen LogP contribution in [0.1, 0.15) is 50.5 Å². The lowest BCUT2D eigenvalue weighted by molar-refractivity contribution is 0.0772. The maximum atomic E-state index is 10.1. The van der Waals surface area contributed by atoms with Crippen LogP contribution >= 0.6 is 0 Å². The van der Waals surface area contributed by atoms with E-state index in [-0.39, 0.29) is 6.10 Å². The van der Waals surface area contributed by atoms with Crippen LogP contribution in [0.4, 0.5) is 0 Å². The highest BCUT2D eigenvalue weighted by Crippen LogP contribution is 2.24. The third-order valence-electron chi connectivity index (χ3n) is 3.84. The van der Waals surface area contributed by atoms with Crippen molar-refractivity contribution in [1.82, 2.24) is 0 Å². The predicted octanol–water partition coefficient (Wildman–Crippen LogP) is 3.50. The van der Waals surface area contributed by atoms with Crippen molar-refractivity contribution >= 4 is 0 Å². The summed E-state index contributed by atoms with van der Waals surface area (Å²) in [6, 6.07) is 10.4. The molecule has 0 radical (unpaired) electrons. The molecule has 1 aromatic rings. The fourth-order valence-electron chi connectivity index (χ4n) is 2.69. The van der Waals surface area contributed by atoms with Gasteiger partial charge in [0.15, 0.2) is 0 Å². The van der Waals surface area contributed by atoms with E-state index in [9.17, 15) is 5.11 Å². The Bertz CT molecular complexity index is 330. The van der Waals surface area contributed by atoms with Crippen LogP contribution in [0.2, 0.25) is 0 Å². The van der Waals surface area contributed by atoms with E-state index in [0.717, 1.165) is 25.9 Å². The number of aliphatic hydroxyl groups excluding tert-OH is 1. The Morgan fingerprint density at radius 1 is 1.33 bits per heavy atom. The average Bonchev–Trinajstić information content (AvgIpc) is 2.90. The number of benzene rings is 1. The third-order valence-corrected chi connectivity index (χ3v) is 3.84. The van der Waals surface area contributed by atoms with Crippen molar-refractivity contribution in [3.05, 3.63) is 35.9 Å². The first-order chi connectivity index (χ1) is 8.75. The molecule has 18 heavy (non-hydrogen) atoms. The van der Waals surface area contributed by atoms with E-state index in [4.69, 9.17) is 4.74 Å². The number of aliphatic hydroxyl groups is 1. The van der Waals surface area contributed by atoms with Gasteiger partial charge >= 0.3 is 0 Å². The Labute approximate surface area is 110 Å². The summed E-state index contributed by atoms with van der Waals surface area (Å²) in [5.74, 6) is 0.422. The van der Waals surface area contributed by atoms with Gasteiger partial charge in [-0.2, -0.15) is 0 Å². The lowest BCUT2D eigenvalue weighted by Gasteiger charge is -2.18. The van der Waals surface area contributed by atoms with Gasteiger partial charge in [-0.15, -0.1) is 0 Å². The molecule has 0 saturated carbocycles. The van der Waals surface area contributed by atoms with Crippen molar-refractivity contribution in [2.75, 3.05) is 6.61 Å². The van der Waals surface area contributed by atoms with Crippen LogP contribution in [0.25, 0.3) is 0 Å². The van der Waals surface area contributed by atoms with E-state index >= 15 is 0 Å². The van der Waals surface area contributed by atoms with Gasteiger partial charge in [0.05, 0.1) is 12.2 Å². The Hall–Kier alpha value is -0.860. The van der Waals surface area contributed by atoms with Gasteiger partial charge in [0, 0.05) is 6.61 Å². The SMILES string of the molecule is CC(CC(O)CCC1CCCO1)c1ccccc1. The first kappa shape index (κ1) is 13.6. The van der Waals surface area contributed by atoms with Crippen LogP contribution in [0.3, 0.4) is 0 Å². The minimum absolute atomic E-state index is 0.204. The molecule has 1 fully saturated rings. The molecular formula is C16H24O2. The molecule has 1 aliphatic rings. The highest BCUT2D eigenvalue weighted by Gasteiger charge is 2.18. The van der Waals surface area contributed by atoms with Crippen molar-refractivity contribution < 1.29 is 9.84 Å². The lowest BCUT2D eigenvalue weighted by atomic mass is 9.93. The second kappa shape index (κ2) is 6.91. The molecule has 0 aliphatic carbocycles. The van der Waals surface area contributed by atoms with E-state index in [1.54, 1.807) is 0 Å². The van der Waals surface area contributed by atoms with Gasteiger partial charge in [0.1, 0.15) is 0 Å². The minimum Gasteiger partial charge on any atom is -0.393 e. The molecule has 1 saturated heterocycles. The molecule has 2 rings (SSSR count). The van der Waals surface area contributed by atoms with Gasteiger partial charge in [-0.3, -0.25) is 0 Å². The maximum absolute atomic E-state index is 10.1. The summed E-state index contributed by atoms with van der Waals surface area (Å²) in [5.41, 5.74) is 1.31. The summed E-state index contributed by atoms with van der Waals surface area (Å²) in [6.07, 6.45) is 5.25. The Balaban J connectivity index is 1.71. The number of hydrogen-bond acceptors (Lipinski definition) is 2. The number of ether oxygens (including phenoxy) is 1. The predicted molar refractivity (Wildman–Crippen MR) is 73.7 cm³/mol. The summed E-state index contributed by atoms with van der Waals surface area (Å²) in [5, 5.41) is 10.1. The van der Waals surface area contributed by atoms with E-state index in [0.29, 0.717) is 12.0 Å². The smallest absolute Gasteiger partial charge is 0.0577 e.